The lowest BCUT2D eigenvalue weighted by atomic mass is 9.82. The van der Waals surface area contributed by atoms with E-state index in [-0.39, 0.29) is 18.1 Å². The van der Waals surface area contributed by atoms with E-state index in [1.165, 1.54) is 108 Å². The number of allylic oxidation sites excluding steroid dienone is 2. The van der Waals surface area contributed by atoms with Crippen molar-refractivity contribution in [3.05, 3.63) is 86.6 Å². The van der Waals surface area contributed by atoms with Gasteiger partial charge in [-0.2, -0.15) is 0 Å². The topological polar surface area (TPSA) is 39.3 Å². The van der Waals surface area contributed by atoms with Gasteiger partial charge in [0.25, 0.3) is 0 Å². The predicted molar refractivity (Wildman–Crippen MR) is 241 cm³/mol. The fraction of sp³-hybridized carbons (Fsp3) is 0.720. The summed E-state index contributed by atoms with van der Waals surface area (Å²) >= 11 is 0. The van der Waals surface area contributed by atoms with Crippen LogP contribution in [-0.4, -0.2) is 36.1 Å². The molecule has 1 aliphatic heterocycles. The lowest BCUT2D eigenvalue weighted by Crippen LogP contribution is -2.48. The van der Waals surface area contributed by atoms with Gasteiger partial charge in [-0.05, 0) is 99.1 Å². The average Bonchev–Trinajstić information content (AvgIpc) is 3.67. The summed E-state index contributed by atoms with van der Waals surface area (Å²) in [7, 11) is 0. The third-order valence-electron chi connectivity index (χ3n) is 13.8. The largest absolute Gasteiger partial charge is 0.389 e. The molecule has 0 radical (unpaired) electrons. The van der Waals surface area contributed by atoms with Crippen molar-refractivity contribution < 1.29 is 0 Å². The van der Waals surface area contributed by atoms with Gasteiger partial charge in [0.15, 0.2) is 0 Å². The Morgan fingerprint density at radius 1 is 0.852 bits per heavy atom. The molecule has 3 aliphatic carbocycles. The molecule has 5 unspecified atom stereocenters. The van der Waals surface area contributed by atoms with Crippen molar-refractivity contribution in [1.29, 1.82) is 0 Å². The first kappa shape index (κ1) is 47.5. The summed E-state index contributed by atoms with van der Waals surface area (Å²) in [5.74, 6) is 3.85. The zero-order chi connectivity index (χ0) is 40.3. The molecule has 3 saturated carbocycles. The standard InChI is InChI=1S/C31H51N3.C15H29N.C4H8/c1-10-13-19-27(22(6)21(4)5)33-23(7)30-28-26(31(28,9)11-2)20-34(30)24(8)29(32-12-3)25-17-15-14-16-18-25;1-4-16-14(3)12-11-13(2)15-9-7-5-6-8-10-15;1-3-4-2/h12,25-30,32-33H,3-4,6-8,10-11,13-20H2,1-2,5,9H3;13,15-16H,3-12H2,1-2H3;3H,1,4H2,2H3/t26-,27?,28-,29?,30?,31?;;/m0../s1. The number of nitrogens with one attached hydrogen (secondary N) is 3. The van der Waals surface area contributed by atoms with Crippen LogP contribution in [0.4, 0.5) is 0 Å². The van der Waals surface area contributed by atoms with Gasteiger partial charge in [0, 0.05) is 30.2 Å². The summed E-state index contributed by atoms with van der Waals surface area (Å²) < 4.78 is 0. The average molecular weight is 745 g/mol. The highest BCUT2D eigenvalue weighted by Gasteiger charge is 2.69. The number of unbranched alkanes of at least 4 members (excludes halogenated alkanes) is 1. The van der Waals surface area contributed by atoms with Gasteiger partial charge in [0.2, 0.25) is 0 Å². The Kier molecular flexibility index (Phi) is 21.8. The van der Waals surface area contributed by atoms with Crippen LogP contribution in [0.25, 0.3) is 0 Å². The summed E-state index contributed by atoms with van der Waals surface area (Å²) in [5.41, 5.74) is 6.16. The van der Waals surface area contributed by atoms with Crippen LogP contribution >= 0.6 is 0 Å². The van der Waals surface area contributed by atoms with Crippen LogP contribution in [0.3, 0.4) is 0 Å². The van der Waals surface area contributed by atoms with E-state index in [4.69, 9.17) is 6.58 Å². The minimum absolute atomic E-state index is 0.200. The molecule has 0 aromatic carbocycles. The SMILES string of the molecule is C=C(CCC(C)C1CCCCCC1)NCC.C=CCC.C=CNC(C(=C)N1C[C@H]2[C@@H](C1C(=C)NC(CCCC)C(=C)C(=C)C)C2(C)CC)C1CCCCC1. The Balaban J connectivity index is 0.000000418. The predicted octanol–water partition coefficient (Wildman–Crippen LogP) is 13.4. The van der Waals surface area contributed by atoms with E-state index in [2.05, 4.69) is 109 Å². The van der Waals surface area contributed by atoms with Crippen molar-refractivity contribution in [2.45, 2.75) is 182 Å². The Morgan fingerprint density at radius 2 is 1.43 bits per heavy atom. The molecule has 4 aliphatic rings. The molecule has 4 nitrogen and oxygen atoms in total. The van der Waals surface area contributed by atoms with Crippen LogP contribution in [0, 0.1) is 35.0 Å². The van der Waals surface area contributed by atoms with Crippen molar-refractivity contribution in [3.63, 3.8) is 0 Å². The highest BCUT2D eigenvalue weighted by molar-refractivity contribution is 5.34. The van der Waals surface area contributed by atoms with Crippen LogP contribution in [0.5, 0.6) is 0 Å². The van der Waals surface area contributed by atoms with Crippen molar-refractivity contribution in [3.8, 4) is 0 Å². The zero-order valence-electron chi connectivity index (χ0n) is 36.8. The molecule has 1 saturated heterocycles. The van der Waals surface area contributed by atoms with E-state index in [1.54, 1.807) is 0 Å². The lowest BCUT2D eigenvalue weighted by molar-refractivity contribution is 0.196. The van der Waals surface area contributed by atoms with E-state index < -0.39 is 0 Å². The Morgan fingerprint density at radius 3 is 1.93 bits per heavy atom. The molecule has 0 bridgehead atoms. The van der Waals surface area contributed by atoms with E-state index in [1.807, 2.05) is 12.3 Å². The number of fused-ring (bicyclic) bond motifs is 1. The minimum Gasteiger partial charge on any atom is -0.389 e. The van der Waals surface area contributed by atoms with Crippen molar-refractivity contribution in [2.24, 2.45) is 35.0 Å². The van der Waals surface area contributed by atoms with Crippen molar-refractivity contribution >= 4 is 0 Å². The van der Waals surface area contributed by atoms with Crippen molar-refractivity contribution in [2.75, 3.05) is 13.1 Å². The fourth-order valence-electron chi connectivity index (χ4n) is 9.80. The maximum absolute atomic E-state index is 4.70. The van der Waals surface area contributed by atoms with Gasteiger partial charge in [0.1, 0.15) is 0 Å². The number of rotatable bonds is 21. The first-order valence-electron chi connectivity index (χ1n) is 22.5. The summed E-state index contributed by atoms with van der Waals surface area (Å²) in [6.45, 7) is 47.3. The number of likely N-dealkylation sites (tertiary alicyclic amines) is 1. The van der Waals surface area contributed by atoms with Gasteiger partial charge in [-0.15, -0.1) is 6.58 Å². The zero-order valence-corrected chi connectivity index (χ0v) is 36.8. The number of piperidine rings is 1. The molecule has 0 aromatic rings. The second-order valence-electron chi connectivity index (χ2n) is 17.6. The third-order valence-corrected chi connectivity index (χ3v) is 13.8. The van der Waals surface area contributed by atoms with E-state index >= 15 is 0 Å². The summed E-state index contributed by atoms with van der Waals surface area (Å²) in [6, 6.07) is 0.744. The molecule has 1 heterocycles. The molecule has 0 amide bonds. The lowest BCUT2D eigenvalue weighted by Gasteiger charge is -2.42. The second-order valence-corrected chi connectivity index (χ2v) is 17.6. The van der Waals surface area contributed by atoms with Gasteiger partial charge < -0.3 is 20.9 Å². The van der Waals surface area contributed by atoms with Crippen LogP contribution in [-0.2, 0) is 0 Å². The van der Waals surface area contributed by atoms with Crippen LogP contribution in [0.15, 0.2) is 86.6 Å². The van der Waals surface area contributed by atoms with Crippen molar-refractivity contribution in [1.82, 2.24) is 20.9 Å². The highest BCUT2D eigenvalue weighted by atomic mass is 15.3. The molecule has 7 atom stereocenters. The maximum Gasteiger partial charge on any atom is 0.0717 e. The number of nitrogens with zero attached hydrogens (tertiary/aromatic N) is 1. The van der Waals surface area contributed by atoms with Crippen LogP contribution in [0.2, 0.25) is 0 Å². The third kappa shape index (κ3) is 13.8. The monoisotopic (exact) mass is 745 g/mol. The normalized spacial score (nSPS) is 25.4. The Labute approximate surface area is 336 Å². The van der Waals surface area contributed by atoms with Gasteiger partial charge in [-0.25, -0.2) is 0 Å². The molecule has 4 fully saturated rings. The smallest absolute Gasteiger partial charge is 0.0717 e. The first-order chi connectivity index (χ1) is 25.9. The van der Waals surface area contributed by atoms with Crippen LogP contribution in [0.1, 0.15) is 164 Å². The minimum atomic E-state index is 0.200. The molecule has 4 heteroatoms. The first-order valence-corrected chi connectivity index (χ1v) is 22.5. The summed E-state index contributed by atoms with van der Waals surface area (Å²) in [4.78, 5) is 2.60. The van der Waals surface area contributed by atoms with E-state index in [0.29, 0.717) is 23.2 Å². The quantitative estimate of drug-likeness (QED) is 0.0622. The molecular formula is C50H88N4. The molecule has 54 heavy (non-hydrogen) atoms. The van der Waals surface area contributed by atoms with Gasteiger partial charge in [0.05, 0.1) is 18.1 Å². The second kappa shape index (κ2) is 24.8. The molecular weight excluding hydrogens is 657 g/mol. The molecule has 308 valence electrons. The fourth-order valence-corrected chi connectivity index (χ4v) is 9.80. The summed E-state index contributed by atoms with van der Waals surface area (Å²) in [6.07, 6.45) is 27.3. The van der Waals surface area contributed by atoms with Gasteiger partial charge >= 0.3 is 0 Å². The highest BCUT2D eigenvalue weighted by Crippen LogP contribution is 2.68. The number of hydrogen-bond donors (Lipinski definition) is 3. The maximum atomic E-state index is 4.70. The molecule has 4 rings (SSSR count). The molecule has 0 aromatic heterocycles. The van der Waals surface area contributed by atoms with Gasteiger partial charge in [-0.1, -0.05) is 163 Å². The molecule has 3 N–H and O–H groups in total. The summed E-state index contributed by atoms with van der Waals surface area (Å²) in [5, 5.41) is 10.8. The Bertz CT molecular complexity index is 1180. The van der Waals surface area contributed by atoms with E-state index in [9.17, 15) is 0 Å². The Hall–Kier alpha value is -2.62. The van der Waals surface area contributed by atoms with E-state index in [0.717, 1.165) is 61.0 Å². The van der Waals surface area contributed by atoms with Crippen LogP contribution < -0.4 is 16.0 Å². The molecule has 0 spiro atoms. The number of hydrogen-bond acceptors (Lipinski definition) is 4. The van der Waals surface area contributed by atoms with Gasteiger partial charge in [-0.3, -0.25) is 0 Å².